The molecule has 33 heavy (non-hydrogen) atoms. The average molecular weight is 437 g/mol. The SMILES string of the molecule is O=C(O)C1CN(Cc2ccc(-c3noc(-c4cnc5ccccc5n4)n3)c3ccccc23)C1. The van der Waals surface area contributed by atoms with Crippen LogP contribution in [0.25, 0.3) is 44.8 Å². The van der Waals surface area contributed by atoms with E-state index in [0.717, 1.165) is 32.9 Å². The number of benzene rings is 3. The van der Waals surface area contributed by atoms with E-state index in [4.69, 9.17) is 9.63 Å². The van der Waals surface area contributed by atoms with Crippen molar-refractivity contribution < 1.29 is 14.4 Å². The van der Waals surface area contributed by atoms with Gasteiger partial charge in [0.25, 0.3) is 5.89 Å². The summed E-state index contributed by atoms with van der Waals surface area (Å²) in [7, 11) is 0. The lowest BCUT2D eigenvalue weighted by molar-refractivity contribution is -0.147. The fourth-order valence-electron chi connectivity index (χ4n) is 4.29. The molecule has 8 heteroatoms. The Hall–Kier alpha value is -4.17. The van der Waals surface area contributed by atoms with Crippen molar-refractivity contribution in [2.75, 3.05) is 13.1 Å². The number of carboxylic acids is 1. The Morgan fingerprint density at radius 1 is 0.970 bits per heavy atom. The smallest absolute Gasteiger partial charge is 0.309 e. The Morgan fingerprint density at radius 2 is 1.73 bits per heavy atom. The van der Waals surface area contributed by atoms with Crippen molar-refractivity contribution in [3.8, 4) is 23.0 Å². The predicted octanol–water partition coefficient (Wildman–Crippen LogP) is 4.02. The van der Waals surface area contributed by atoms with Crippen molar-refractivity contribution in [1.82, 2.24) is 25.0 Å². The Labute approximate surface area is 188 Å². The maximum Gasteiger partial charge on any atom is 0.309 e. The summed E-state index contributed by atoms with van der Waals surface area (Å²) in [6.07, 6.45) is 1.64. The molecule has 0 atom stereocenters. The molecule has 3 aromatic carbocycles. The number of fused-ring (bicyclic) bond motifs is 2. The zero-order valence-corrected chi connectivity index (χ0v) is 17.5. The maximum absolute atomic E-state index is 11.1. The molecule has 2 aromatic heterocycles. The van der Waals surface area contributed by atoms with E-state index in [-0.39, 0.29) is 5.92 Å². The first-order valence-electron chi connectivity index (χ1n) is 10.7. The van der Waals surface area contributed by atoms with Crippen LogP contribution in [0, 0.1) is 5.92 Å². The molecule has 5 aromatic rings. The molecule has 162 valence electrons. The molecular formula is C25H19N5O3. The van der Waals surface area contributed by atoms with Crippen LogP contribution in [0.15, 0.2) is 71.4 Å². The molecule has 0 spiro atoms. The minimum absolute atomic E-state index is 0.272. The second-order valence-corrected chi connectivity index (χ2v) is 8.21. The minimum atomic E-state index is -0.726. The van der Waals surface area contributed by atoms with Crippen LogP contribution in [0.3, 0.4) is 0 Å². The third kappa shape index (κ3) is 3.50. The van der Waals surface area contributed by atoms with E-state index in [1.165, 1.54) is 0 Å². The van der Waals surface area contributed by atoms with Gasteiger partial charge in [-0.2, -0.15) is 4.98 Å². The Bertz CT molecular complexity index is 1510. The van der Waals surface area contributed by atoms with Crippen LogP contribution in [-0.4, -0.2) is 49.2 Å². The van der Waals surface area contributed by atoms with Gasteiger partial charge in [0.15, 0.2) is 0 Å². The van der Waals surface area contributed by atoms with Gasteiger partial charge in [-0.05, 0) is 28.5 Å². The molecule has 1 N–H and O–H groups in total. The van der Waals surface area contributed by atoms with Crippen LogP contribution in [0.4, 0.5) is 0 Å². The highest BCUT2D eigenvalue weighted by Crippen LogP contribution is 2.32. The van der Waals surface area contributed by atoms with E-state index in [1.54, 1.807) is 6.20 Å². The molecule has 6 rings (SSSR count). The first kappa shape index (κ1) is 19.5. The zero-order chi connectivity index (χ0) is 22.4. The van der Waals surface area contributed by atoms with Crippen molar-refractivity contribution >= 4 is 27.8 Å². The summed E-state index contributed by atoms with van der Waals surface area (Å²) in [6.45, 7) is 1.85. The summed E-state index contributed by atoms with van der Waals surface area (Å²) < 4.78 is 5.53. The van der Waals surface area contributed by atoms with Crippen LogP contribution in [0.2, 0.25) is 0 Å². The zero-order valence-electron chi connectivity index (χ0n) is 17.5. The number of carbonyl (C=O) groups is 1. The van der Waals surface area contributed by atoms with Gasteiger partial charge < -0.3 is 9.63 Å². The van der Waals surface area contributed by atoms with E-state index < -0.39 is 5.97 Å². The van der Waals surface area contributed by atoms with Gasteiger partial charge in [0.2, 0.25) is 5.82 Å². The Kier molecular flexibility index (Phi) is 4.58. The Balaban J connectivity index is 1.33. The third-order valence-electron chi connectivity index (χ3n) is 6.05. The van der Waals surface area contributed by atoms with Gasteiger partial charge in [-0.3, -0.25) is 14.7 Å². The van der Waals surface area contributed by atoms with E-state index in [2.05, 4.69) is 37.1 Å². The fraction of sp³-hybridized carbons (Fsp3) is 0.160. The number of aromatic nitrogens is 4. The molecule has 0 radical (unpaired) electrons. The van der Waals surface area contributed by atoms with Crippen molar-refractivity contribution in [1.29, 1.82) is 0 Å². The van der Waals surface area contributed by atoms with Crippen molar-refractivity contribution in [2.45, 2.75) is 6.54 Å². The van der Waals surface area contributed by atoms with Gasteiger partial charge >= 0.3 is 5.97 Å². The molecule has 0 saturated carbocycles. The number of rotatable bonds is 5. The molecule has 3 heterocycles. The number of para-hydroxylation sites is 2. The van der Waals surface area contributed by atoms with Crippen LogP contribution in [0.1, 0.15) is 5.56 Å². The number of hydrogen-bond acceptors (Lipinski definition) is 7. The van der Waals surface area contributed by atoms with Crippen LogP contribution >= 0.6 is 0 Å². The molecule has 0 aliphatic carbocycles. The van der Waals surface area contributed by atoms with E-state index in [9.17, 15) is 4.79 Å². The molecule has 0 bridgehead atoms. The molecular weight excluding hydrogens is 418 g/mol. The van der Waals surface area contributed by atoms with Crippen molar-refractivity contribution in [2.24, 2.45) is 5.92 Å². The Morgan fingerprint density at radius 3 is 2.55 bits per heavy atom. The maximum atomic E-state index is 11.1. The molecule has 0 unspecified atom stereocenters. The number of nitrogens with zero attached hydrogens (tertiary/aromatic N) is 5. The summed E-state index contributed by atoms with van der Waals surface area (Å²) in [6, 6.07) is 19.8. The molecule has 0 amide bonds. The van der Waals surface area contributed by atoms with Crippen molar-refractivity contribution in [3.63, 3.8) is 0 Å². The molecule has 1 aliphatic rings. The van der Waals surface area contributed by atoms with Crippen LogP contribution < -0.4 is 0 Å². The van der Waals surface area contributed by atoms with Gasteiger partial charge in [-0.1, -0.05) is 53.7 Å². The second-order valence-electron chi connectivity index (χ2n) is 8.21. The monoisotopic (exact) mass is 437 g/mol. The highest BCUT2D eigenvalue weighted by atomic mass is 16.5. The molecule has 8 nitrogen and oxygen atoms in total. The topological polar surface area (TPSA) is 105 Å². The highest BCUT2D eigenvalue weighted by molar-refractivity contribution is 5.97. The lowest BCUT2D eigenvalue weighted by Gasteiger charge is -2.36. The number of likely N-dealkylation sites (tertiary alicyclic amines) is 1. The average Bonchev–Trinajstić information content (AvgIpc) is 3.30. The second kappa shape index (κ2) is 7.75. The predicted molar refractivity (Wildman–Crippen MR) is 122 cm³/mol. The number of carboxylic acid groups (broad SMARTS) is 1. The van der Waals surface area contributed by atoms with E-state index in [1.807, 2.05) is 48.5 Å². The first-order chi connectivity index (χ1) is 16.2. The van der Waals surface area contributed by atoms with Crippen molar-refractivity contribution in [3.05, 3.63) is 72.4 Å². The van der Waals surface area contributed by atoms with E-state index in [0.29, 0.717) is 37.0 Å². The van der Waals surface area contributed by atoms with E-state index >= 15 is 0 Å². The van der Waals surface area contributed by atoms with Gasteiger partial charge in [0, 0.05) is 25.2 Å². The quantitative estimate of drug-likeness (QED) is 0.440. The summed E-state index contributed by atoms with van der Waals surface area (Å²) in [5.41, 5.74) is 4.10. The summed E-state index contributed by atoms with van der Waals surface area (Å²) in [5, 5.41) is 15.4. The first-order valence-corrected chi connectivity index (χ1v) is 10.7. The largest absolute Gasteiger partial charge is 0.481 e. The summed E-state index contributed by atoms with van der Waals surface area (Å²) >= 11 is 0. The number of aliphatic carboxylic acids is 1. The van der Waals surface area contributed by atoms with Gasteiger partial charge in [-0.15, -0.1) is 0 Å². The molecule has 1 aliphatic heterocycles. The van der Waals surface area contributed by atoms with Gasteiger partial charge in [-0.25, -0.2) is 4.98 Å². The van der Waals surface area contributed by atoms with Crippen LogP contribution in [0.5, 0.6) is 0 Å². The normalized spacial score (nSPS) is 14.5. The third-order valence-corrected chi connectivity index (χ3v) is 6.05. The van der Waals surface area contributed by atoms with Gasteiger partial charge in [0.05, 0.1) is 23.1 Å². The minimum Gasteiger partial charge on any atom is -0.481 e. The molecule has 1 saturated heterocycles. The van der Waals surface area contributed by atoms with Gasteiger partial charge in [0.1, 0.15) is 5.69 Å². The summed E-state index contributed by atoms with van der Waals surface area (Å²) in [4.78, 5) is 26.9. The lowest BCUT2D eigenvalue weighted by Crippen LogP contribution is -2.49. The highest BCUT2D eigenvalue weighted by Gasteiger charge is 2.32. The standard InChI is InChI=1S/C25H19N5O3/c31-25(32)16-13-30(14-16)12-15-9-10-19(18-6-2-1-5-17(15)18)23-28-24(33-29-23)22-11-26-20-7-3-4-8-21(20)27-22/h1-11,16H,12-14H2,(H,31,32). The lowest BCUT2D eigenvalue weighted by atomic mass is 9.95. The fourth-order valence-corrected chi connectivity index (χ4v) is 4.29. The van der Waals surface area contributed by atoms with Crippen LogP contribution in [-0.2, 0) is 11.3 Å². The number of hydrogen-bond donors (Lipinski definition) is 1. The molecule has 1 fully saturated rings. The summed E-state index contributed by atoms with van der Waals surface area (Å²) in [5.74, 6) is -0.198.